The molecule has 13 atom stereocenters. The molecule has 17 heteroatoms. The molecule has 0 amide bonds. The van der Waals surface area contributed by atoms with Crippen molar-refractivity contribution in [1.29, 1.82) is 0 Å². The Hall–Kier alpha value is -2.13. The van der Waals surface area contributed by atoms with Crippen LogP contribution < -0.4 is 0 Å². The summed E-state index contributed by atoms with van der Waals surface area (Å²) >= 11 is 0. The molecule has 16 nitrogen and oxygen atoms in total. The Labute approximate surface area is 451 Å². The van der Waals surface area contributed by atoms with Crippen LogP contribution in [0.3, 0.4) is 0 Å². The van der Waals surface area contributed by atoms with Crippen LogP contribution in [0.2, 0.25) is 0 Å². The number of hydrogen-bond donors (Lipinski definition) is 11. The number of carbonyl (C=O) groups excluding carboxylic acids is 2. The molecule has 0 bridgehead atoms. The predicted octanol–water partition coefficient (Wildman–Crippen LogP) is 8.00. The first-order valence-corrected chi connectivity index (χ1v) is 24.5. The maximum Gasteiger partial charge on any atom is 0.302 e. The summed E-state index contributed by atoms with van der Waals surface area (Å²) in [7, 11) is 0. The number of rotatable bonds is 13. The average Bonchev–Trinajstić information content (AvgIpc) is 3.44. The summed E-state index contributed by atoms with van der Waals surface area (Å²) in [5, 5.41) is 97.3. The number of allylic oxidation sites excluding steroid dienone is 2. The number of alkyl halides is 1. The Kier molecular flexibility index (Phi) is 57.4. The van der Waals surface area contributed by atoms with Gasteiger partial charge in [-0.25, -0.2) is 4.39 Å². The minimum atomic E-state index is -1.24. The van der Waals surface area contributed by atoms with Crippen LogP contribution in [0.5, 0.6) is 0 Å². The molecule has 1 saturated heterocycles. The van der Waals surface area contributed by atoms with Gasteiger partial charge in [0, 0.05) is 52.1 Å². The maximum absolute atomic E-state index is 12.6. The van der Waals surface area contributed by atoms with Crippen molar-refractivity contribution in [3.63, 3.8) is 0 Å². The lowest BCUT2D eigenvalue weighted by atomic mass is 9.98. The molecule has 0 radical (unpaired) electrons. The third-order valence-corrected chi connectivity index (χ3v) is 12.9. The second-order valence-electron chi connectivity index (χ2n) is 20.0. The lowest BCUT2D eigenvalue weighted by molar-refractivity contribution is -0.146. The molecule has 5 aliphatic carbocycles. The molecule has 3 saturated carbocycles. The SMILES string of the molecule is C.C.C.C.C.C.C.CCCC(COC(C)=O)COC(C)=O.C[C@@H]1CO[C@H](CO)[C@@H](O)C1.C[C@@H]1C[C@H](O)[C@@H](O)[C@@H]1F.C[C@H]1C=C[C@@H](CO)C1.C[C@H]1CC=C(CO)C1.C[C@H]1C[C@H](O)[C@@](O)(CO)C1.OCCC1(CO)CC1. The van der Waals surface area contributed by atoms with Gasteiger partial charge >= 0.3 is 11.9 Å². The number of halogens is 1. The van der Waals surface area contributed by atoms with Crippen LogP contribution in [0.1, 0.15) is 184 Å². The van der Waals surface area contributed by atoms with E-state index in [9.17, 15) is 29.3 Å². The molecule has 74 heavy (non-hydrogen) atoms. The third-order valence-electron chi connectivity index (χ3n) is 12.9. The maximum atomic E-state index is 12.6. The smallest absolute Gasteiger partial charge is 0.302 e. The van der Waals surface area contributed by atoms with Crippen LogP contribution in [0.25, 0.3) is 0 Å². The zero-order valence-electron chi connectivity index (χ0n) is 41.9. The summed E-state index contributed by atoms with van der Waals surface area (Å²) in [5.74, 6) is 1.96. The highest BCUT2D eigenvalue weighted by atomic mass is 19.1. The zero-order chi connectivity index (χ0) is 51.3. The van der Waals surface area contributed by atoms with Crippen molar-refractivity contribution in [3.05, 3.63) is 23.8 Å². The van der Waals surface area contributed by atoms with Gasteiger partial charge < -0.3 is 70.4 Å². The van der Waals surface area contributed by atoms with Gasteiger partial charge in [0.05, 0.1) is 51.3 Å². The lowest BCUT2D eigenvalue weighted by Crippen LogP contribution is -2.40. The number of ether oxygens (including phenoxy) is 3. The number of aliphatic hydroxyl groups excluding tert-OH is 10. The Morgan fingerprint density at radius 1 is 0.743 bits per heavy atom. The van der Waals surface area contributed by atoms with Crippen molar-refractivity contribution < 1.29 is 84.4 Å². The third kappa shape index (κ3) is 37.6. The van der Waals surface area contributed by atoms with E-state index in [1.165, 1.54) is 19.4 Å². The van der Waals surface area contributed by atoms with Gasteiger partial charge in [0.1, 0.15) is 24.0 Å². The van der Waals surface area contributed by atoms with Crippen LogP contribution in [0, 0.1) is 46.8 Å². The first kappa shape index (κ1) is 88.5. The first-order valence-electron chi connectivity index (χ1n) is 24.5. The van der Waals surface area contributed by atoms with E-state index in [-0.39, 0.29) is 120 Å². The largest absolute Gasteiger partial charge is 0.465 e. The second-order valence-corrected chi connectivity index (χ2v) is 20.0. The quantitative estimate of drug-likeness (QED) is 0.0615. The minimum Gasteiger partial charge on any atom is -0.465 e. The molecule has 1 aliphatic heterocycles. The Balaban J connectivity index is -0.000000113. The van der Waals surface area contributed by atoms with Crippen molar-refractivity contribution >= 4 is 11.9 Å². The van der Waals surface area contributed by atoms with E-state index in [1.54, 1.807) is 6.92 Å². The van der Waals surface area contributed by atoms with E-state index < -0.39 is 36.2 Å². The lowest BCUT2D eigenvalue weighted by Gasteiger charge is -2.30. The van der Waals surface area contributed by atoms with Crippen LogP contribution in [0.15, 0.2) is 23.8 Å². The molecule has 6 aliphatic rings. The van der Waals surface area contributed by atoms with Crippen molar-refractivity contribution in [3.8, 4) is 0 Å². The van der Waals surface area contributed by atoms with Gasteiger partial charge in [-0.15, -0.1) is 0 Å². The Morgan fingerprint density at radius 3 is 1.53 bits per heavy atom. The van der Waals surface area contributed by atoms with E-state index in [2.05, 4.69) is 32.1 Å². The topological polar surface area (TPSA) is 284 Å². The predicted molar refractivity (Wildman–Crippen MR) is 300 cm³/mol. The van der Waals surface area contributed by atoms with E-state index in [4.69, 9.17) is 55.1 Å². The molecule has 0 spiro atoms. The first-order chi connectivity index (χ1) is 31.5. The van der Waals surface area contributed by atoms with E-state index >= 15 is 0 Å². The molecule has 452 valence electrons. The van der Waals surface area contributed by atoms with Crippen LogP contribution in [-0.2, 0) is 23.8 Å². The molecule has 4 fully saturated rings. The average molecular weight is 1080 g/mol. The molecule has 0 aromatic heterocycles. The number of hydrogen-bond acceptors (Lipinski definition) is 16. The minimum absolute atomic E-state index is 0. The highest BCUT2D eigenvalue weighted by Crippen LogP contribution is 2.47. The van der Waals surface area contributed by atoms with E-state index in [1.807, 2.05) is 20.8 Å². The van der Waals surface area contributed by atoms with Crippen molar-refractivity contribution in [2.24, 2.45) is 46.8 Å². The Morgan fingerprint density at radius 2 is 1.30 bits per heavy atom. The number of aliphatic hydroxyl groups is 11. The monoisotopic (exact) mass is 1080 g/mol. The van der Waals surface area contributed by atoms with E-state index in [0.29, 0.717) is 69.4 Å². The normalized spacial score (nSPS) is 29.8. The van der Waals surface area contributed by atoms with Crippen molar-refractivity contribution in [2.45, 2.75) is 227 Å². The summed E-state index contributed by atoms with van der Waals surface area (Å²) in [4.78, 5) is 21.1. The highest BCUT2D eigenvalue weighted by molar-refractivity contribution is 5.66. The second kappa shape index (κ2) is 48.0. The molecule has 1 heterocycles. The summed E-state index contributed by atoms with van der Waals surface area (Å²) in [6.45, 7) is 16.8. The highest BCUT2D eigenvalue weighted by Gasteiger charge is 2.43. The molecule has 11 N–H and O–H groups in total. The van der Waals surface area contributed by atoms with Gasteiger partial charge in [-0.1, -0.05) is 118 Å². The van der Waals surface area contributed by atoms with Gasteiger partial charge in [-0.3, -0.25) is 9.59 Å². The molecule has 0 unspecified atom stereocenters. The van der Waals surface area contributed by atoms with E-state index in [0.717, 1.165) is 63.7 Å². The number of carbonyl (C=O) groups is 2. The molecular weight excluding hydrogens is 960 g/mol. The summed E-state index contributed by atoms with van der Waals surface area (Å²) in [6, 6.07) is 0. The molecule has 0 aromatic rings. The summed E-state index contributed by atoms with van der Waals surface area (Å²) in [6.07, 6.45) is 12.1. The van der Waals surface area contributed by atoms with Crippen LogP contribution in [0.4, 0.5) is 4.39 Å². The molecule has 0 aromatic carbocycles. The summed E-state index contributed by atoms with van der Waals surface area (Å²) in [5.41, 5.74) is 0.145. The summed E-state index contributed by atoms with van der Waals surface area (Å²) < 4.78 is 27.4. The van der Waals surface area contributed by atoms with Gasteiger partial charge in [0.15, 0.2) is 0 Å². The van der Waals surface area contributed by atoms with Gasteiger partial charge in [0.2, 0.25) is 0 Å². The van der Waals surface area contributed by atoms with Gasteiger partial charge in [0.25, 0.3) is 0 Å². The van der Waals surface area contributed by atoms with Gasteiger partial charge in [-0.05, 0) is 111 Å². The standard InChI is InChI=1S/C10H18O4.2C7H14O3.2C7H12O.C6H11FO2.C6H12O2.7CH4/c1-4-5-10(6-13-8(2)11)7-14-9(3)12;1-5-2-6(9)7(3-8)10-4-5;1-5-2-6(9)7(10,3-5)4-8;2*1-6-2-3-7(4-6)5-8;1-3-2-4(8)6(9)5(3)7;7-4-3-6(5-8)1-2-6;;;;;;;/h10H,4-7H2,1-3H3;5-9H,2-4H2,1H3;5-6,8-10H,2-4H2,1H3;3,6,8H,2,4-5H2,1H3;2-3,6-8H,4-5H2,1H3;3-6,8-9H,2H2,1H3;7-8H,1-5H2;7*1H4/t;5-,6-,7+;5-,6-,7-;6-;6-,7+;3-,4+,5-,6-;;;;;;;;/m.00001......../s1. The fraction of sp³-hybridized carbons (Fsp3) is 0.895. The van der Waals surface area contributed by atoms with Crippen molar-refractivity contribution in [1.82, 2.24) is 0 Å². The van der Waals surface area contributed by atoms with Crippen LogP contribution >= 0.6 is 0 Å². The van der Waals surface area contributed by atoms with Crippen LogP contribution in [-0.4, -0.2) is 170 Å². The fourth-order valence-electron chi connectivity index (χ4n) is 8.22. The zero-order valence-corrected chi connectivity index (χ0v) is 41.9. The molecular formula is C57H121FO16. The molecule has 6 rings (SSSR count). The fourth-order valence-corrected chi connectivity index (χ4v) is 8.22. The number of esters is 2. The Bertz CT molecular complexity index is 1340. The van der Waals surface area contributed by atoms with Crippen molar-refractivity contribution in [2.75, 3.05) is 59.5 Å². The van der Waals surface area contributed by atoms with Gasteiger partial charge in [-0.2, -0.15) is 0 Å².